The SMILES string of the molecule is CCc1cc(CNC(=O)OC)ccc1OC. The lowest BCUT2D eigenvalue weighted by Gasteiger charge is -2.09. The number of alkyl carbamates (subject to hydrolysis) is 1. The summed E-state index contributed by atoms with van der Waals surface area (Å²) in [5.74, 6) is 0.879. The molecule has 1 aromatic carbocycles. The fourth-order valence-electron chi connectivity index (χ4n) is 1.46. The van der Waals surface area contributed by atoms with Gasteiger partial charge < -0.3 is 14.8 Å². The van der Waals surface area contributed by atoms with Crippen molar-refractivity contribution in [1.29, 1.82) is 0 Å². The Morgan fingerprint density at radius 2 is 2.12 bits per heavy atom. The predicted molar refractivity (Wildman–Crippen MR) is 61.6 cm³/mol. The summed E-state index contributed by atoms with van der Waals surface area (Å²) in [6, 6.07) is 5.86. The van der Waals surface area contributed by atoms with Crippen LogP contribution < -0.4 is 10.1 Å². The monoisotopic (exact) mass is 223 g/mol. The number of amides is 1. The molecule has 0 bridgehead atoms. The lowest BCUT2D eigenvalue weighted by atomic mass is 10.1. The van der Waals surface area contributed by atoms with Gasteiger partial charge in [0.25, 0.3) is 0 Å². The third-order valence-corrected chi connectivity index (χ3v) is 2.35. The predicted octanol–water partition coefficient (Wildman–Crippen LogP) is 2.11. The second-order valence-electron chi connectivity index (χ2n) is 3.34. The molecule has 4 nitrogen and oxygen atoms in total. The van der Waals surface area contributed by atoms with Crippen molar-refractivity contribution in [2.24, 2.45) is 0 Å². The Bertz CT molecular complexity index is 363. The molecule has 0 saturated heterocycles. The van der Waals surface area contributed by atoms with E-state index >= 15 is 0 Å². The van der Waals surface area contributed by atoms with Crippen LogP contribution in [-0.2, 0) is 17.7 Å². The Morgan fingerprint density at radius 1 is 1.38 bits per heavy atom. The van der Waals surface area contributed by atoms with Crippen LogP contribution in [0.5, 0.6) is 5.75 Å². The summed E-state index contributed by atoms with van der Waals surface area (Å²) in [7, 11) is 3.00. The van der Waals surface area contributed by atoms with Gasteiger partial charge in [0, 0.05) is 6.54 Å². The van der Waals surface area contributed by atoms with Crippen LogP contribution >= 0.6 is 0 Å². The van der Waals surface area contributed by atoms with Gasteiger partial charge in [-0.25, -0.2) is 4.79 Å². The average molecular weight is 223 g/mol. The summed E-state index contributed by atoms with van der Waals surface area (Å²) in [5, 5.41) is 2.64. The van der Waals surface area contributed by atoms with Gasteiger partial charge in [0.1, 0.15) is 5.75 Å². The lowest BCUT2D eigenvalue weighted by molar-refractivity contribution is 0.170. The van der Waals surface area contributed by atoms with Gasteiger partial charge in [-0.3, -0.25) is 0 Å². The third-order valence-electron chi connectivity index (χ3n) is 2.35. The van der Waals surface area contributed by atoms with Gasteiger partial charge in [-0.2, -0.15) is 0 Å². The molecule has 0 unspecified atom stereocenters. The van der Waals surface area contributed by atoms with E-state index in [1.54, 1.807) is 7.11 Å². The number of carbonyl (C=O) groups is 1. The van der Waals surface area contributed by atoms with Crippen molar-refractivity contribution in [2.75, 3.05) is 14.2 Å². The first kappa shape index (κ1) is 12.4. The average Bonchev–Trinajstić information content (AvgIpc) is 2.35. The molecule has 0 heterocycles. The van der Waals surface area contributed by atoms with Crippen molar-refractivity contribution in [3.05, 3.63) is 29.3 Å². The smallest absolute Gasteiger partial charge is 0.407 e. The summed E-state index contributed by atoms with van der Waals surface area (Å²) >= 11 is 0. The molecule has 4 heteroatoms. The van der Waals surface area contributed by atoms with E-state index in [9.17, 15) is 4.79 Å². The zero-order valence-corrected chi connectivity index (χ0v) is 9.87. The first-order valence-corrected chi connectivity index (χ1v) is 5.18. The summed E-state index contributed by atoms with van der Waals surface area (Å²) in [5.41, 5.74) is 2.16. The standard InChI is InChI=1S/C12H17NO3/c1-4-10-7-9(5-6-11(10)15-2)8-13-12(14)16-3/h5-7H,4,8H2,1-3H3,(H,13,14). The zero-order chi connectivity index (χ0) is 12.0. The van der Waals surface area contributed by atoms with Crippen molar-refractivity contribution in [2.45, 2.75) is 19.9 Å². The fraction of sp³-hybridized carbons (Fsp3) is 0.417. The van der Waals surface area contributed by atoms with Crippen LogP contribution in [0.2, 0.25) is 0 Å². The van der Waals surface area contributed by atoms with Crippen LogP contribution in [0.1, 0.15) is 18.1 Å². The van der Waals surface area contributed by atoms with Gasteiger partial charge in [0.15, 0.2) is 0 Å². The molecule has 0 spiro atoms. The summed E-state index contributed by atoms with van der Waals surface area (Å²) in [4.78, 5) is 10.9. The van der Waals surface area contributed by atoms with E-state index in [-0.39, 0.29) is 0 Å². The van der Waals surface area contributed by atoms with E-state index in [4.69, 9.17) is 4.74 Å². The molecule has 0 fully saturated rings. The maximum atomic E-state index is 10.9. The molecule has 0 aliphatic carbocycles. The molecular formula is C12H17NO3. The van der Waals surface area contributed by atoms with Crippen molar-refractivity contribution in [3.8, 4) is 5.75 Å². The summed E-state index contributed by atoms with van der Waals surface area (Å²) in [6.45, 7) is 2.53. The van der Waals surface area contributed by atoms with Crippen LogP contribution in [0.4, 0.5) is 4.79 Å². The summed E-state index contributed by atoms with van der Waals surface area (Å²) in [6.07, 6.45) is 0.476. The fourth-order valence-corrected chi connectivity index (χ4v) is 1.46. The number of ether oxygens (including phenoxy) is 2. The number of benzene rings is 1. The number of carbonyl (C=O) groups excluding carboxylic acids is 1. The number of rotatable bonds is 4. The molecule has 0 aliphatic heterocycles. The molecule has 88 valence electrons. The number of aryl methyl sites for hydroxylation is 1. The van der Waals surface area contributed by atoms with Crippen LogP contribution in [-0.4, -0.2) is 20.3 Å². The molecule has 0 saturated carbocycles. The van der Waals surface area contributed by atoms with E-state index in [1.165, 1.54) is 7.11 Å². The summed E-state index contributed by atoms with van der Waals surface area (Å²) < 4.78 is 9.72. The molecule has 1 rings (SSSR count). The van der Waals surface area contributed by atoms with E-state index in [1.807, 2.05) is 18.2 Å². The van der Waals surface area contributed by atoms with Crippen LogP contribution in [0.15, 0.2) is 18.2 Å². The molecule has 1 aromatic rings. The van der Waals surface area contributed by atoms with Gasteiger partial charge >= 0.3 is 6.09 Å². The molecular weight excluding hydrogens is 206 g/mol. The third kappa shape index (κ3) is 3.15. The molecule has 1 N–H and O–H groups in total. The second-order valence-corrected chi connectivity index (χ2v) is 3.34. The van der Waals surface area contributed by atoms with Crippen molar-refractivity contribution in [1.82, 2.24) is 5.32 Å². The van der Waals surface area contributed by atoms with Crippen molar-refractivity contribution < 1.29 is 14.3 Å². The Morgan fingerprint density at radius 3 is 2.69 bits per heavy atom. The zero-order valence-electron chi connectivity index (χ0n) is 9.87. The normalized spacial score (nSPS) is 9.69. The van der Waals surface area contributed by atoms with E-state index < -0.39 is 6.09 Å². The second kappa shape index (κ2) is 6.00. The van der Waals surface area contributed by atoms with Crippen molar-refractivity contribution >= 4 is 6.09 Å². The van der Waals surface area contributed by atoms with Gasteiger partial charge in [-0.05, 0) is 23.6 Å². The highest BCUT2D eigenvalue weighted by atomic mass is 16.5. The highest BCUT2D eigenvalue weighted by Crippen LogP contribution is 2.20. The maximum Gasteiger partial charge on any atom is 0.407 e. The number of nitrogens with one attached hydrogen (secondary N) is 1. The Balaban J connectivity index is 2.71. The quantitative estimate of drug-likeness (QED) is 0.850. The topological polar surface area (TPSA) is 47.6 Å². The highest BCUT2D eigenvalue weighted by Gasteiger charge is 2.04. The molecule has 0 aromatic heterocycles. The highest BCUT2D eigenvalue weighted by molar-refractivity contribution is 5.66. The molecule has 1 amide bonds. The van der Waals surface area contributed by atoms with Crippen molar-refractivity contribution in [3.63, 3.8) is 0 Å². The Labute approximate surface area is 95.6 Å². The van der Waals surface area contributed by atoms with E-state index in [0.29, 0.717) is 6.54 Å². The number of hydrogen-bond donors (Lipinski definition) is 1. The Hall–Kier alpha value is -1.71. The first-order chi connectivity index (χ1) is 7.71. The minimum atomic E-state index is -0.422. The molecule has 16 heavy (non-hydrogen) atoms. The lowest BCUT2D eigenvalue weighted by Crippen LogP contribution is -2.22. The van der Waals surface area contributed by atoms with Gasteiger partial charge in [0.2, 0.25) is 0 Å². The number of hydrogen-bond acceptors (Lipinski definition) is 3. The van der Waals surface area contributed by atoms with Crippen LogP contribution in [0.3, 0.4) is 0 Å². The van der Waals surface area contributed by atoms with Gasteiger partial charge in [0.05, 0.1) is 14.2 Å². The number of methoxy groups -OCH3 is 2. The minimum Gasteiger partial charge on any atom is -0.496 e. The van der Waals surface area contributed by atoms with Gasteiger partial charge in [-0.1, -0.05) is 19.1 Å². The largest absolute Gasteiger partial charge is 0.496 e. The Kier molecular flexibility index (Phi) is 4.64. The minimum absolute atomic E-state index is 0.422. The van der Waals surface area contributed by atoms with E-state index in [0.717, 1.165) is 23.3 Å². The van der Waals surface area contributed by atoms with Crippen LogP contribution in [0.25, 0.3) is 0 Å². The maximum absolute atomic E-state index is 10.9. The van der Waals surface area contributed by atoms with Crippen LogP contribution in [0, 0.1) is 0 Å². The molecule has 0 radical (unpaired) electrons. The van der Waals surface area contributed by atoms with Gasteiger partial charge in [-0.15, -0.1) is 0 Å². The molecule has 0 aliphatic rings. The molecule has 0 atom stereocenters. The first-order valence-electron chi connectivity index (χ1n) is 5.18. The van der Waals surface area contributed by atoms with E-state index in [2.05, 4.69) is 17.0 Å².